The van der Waals surface area contributed by atoms with Crippen LogP contribution < -0.4 is 5.32 Å². The molecular formula is C14H18N2O. The van der Waals surface area contributed by atoms with Gasteiger partial charge in [0.1, 0.15) is 0 Å². The van der Waals surface area contributed by atoms with Crippen molar-refractivity contribution in [1.82, 2.24) is 9.88 Å². The summed E-state index contributed by atoms with van der Waals surface area (Å²) >= 11 is 0. The van der Waals surface area contributed by atoms with Gasteiger partial charge in [0.2, 0.25) is 0 Å². The SMILES string of the molecule is CCNC(C)C(=O)c1cn(C)c2ccccc12. The van der Waals surface area contributed by atoms with Crippen LogP contribution in [0.3, 0.4) is 0 Å². The Bertz CT molecular complexity index is 542. The Labute approximate surface area is 101 Å². The number of likely N-dealkylation sites (N-methyl/N-ethyl adjacent to an activating group) is 1. The van der Waals surface area contributed by atoms with E-state index in [0.29, 0.717) is 0 Å². The Morgan fingerprint density at radius 1 is 1.41 bits per heavy atom. The van der Waals surface area contributed by atoms with Crippen molar-refractivity contribution in [3.8, 4) is 0 Å². The van der Waals surface area contributed by atoms with Crippen molar-refractivity contribution in [2.24, 2.45) is 7.05 Å². The summed E-state index contributed by atoms with van der Waals surface area (Å²) in [5, 5.41) is 4.19. The summed E-state index contributed by atoms with van der Waals surface area (Å²) in [5.74, 6) is 0.156. The molecule has 0 saturated carbocycles. The summed E-state index contributed by atoms with van der Waals surface area (Å²) in [5.41, 5.74) is 1.90. The lowest BCUT2D eigenvalue weighted by Crippen LogP contribution is -2.33. The number of fused-ring (bicyclic) bond motifs is 1. The average molecular weight is 230 g/mol. The Kier molecular flexibility index (Phi) is 3.29. The van der Waals surface area contributed by atoms with Gasteiger partial charge >= 0.3 is 0 Å². The fraction of sp³-hybridized carbons (Fsp3) is 0.357. The molecule has 17 heavy (non-hydrogen) atoms. The van der Waals surface area contributed by atoms with E-state index in [1.165, 1.54) is 0 Å². The number of nitrogens with zero attached hydrogens (tertiary/aromatic N) is 1. The first-order valence-electron chi connectivity index (χ1n) is 5.96. The van der Waals surface area contributed by atoms with E-state index in [4.69, 9.17) is 0 Å². The van der Waals surface area contributed by atoms with Gasteiger partial charge in [0, 0.05) is 29.7 Å². The topological polar surface area (TPSA) is 34.0 Å². The molecule has 1 unspecified atom stereocenters. The molecule has 3 heteroatoms. The molecule has 1 atom stereocenters. The molecule has 0 saturated heterocycles. The minimum absolute atomic E-state index is 0.134. The van der Waals surface area contributed by atoms with Crippen molar-refractivity contribution < 1.29 is 4.79 Å². The molecular weight excluding hydrogens is 212 g/mol. The molecule has 0 aliphatic rings. The number of aryl methyl sites for hydroxylation is 1. The molecule has 0 bridgehead atoms. The third-order valence-electron chi connectivity index (χ3n) is 3.07. The molecule has 0 fully saturated rings. The Morgan fingerprint density at radius 3 is 2.82 bits per heavy atom. The Hall–Kier alpha value is -1.61. The second kappa shape index (κ2) is 4.72. The second-order valence-electron chi connectivity index (χ2n) is 4.31. The maximum absolute atomic E-state index is 12.3. The van der Waals surface area contributed by atoms with E-state index in [1.54, 1.807) is 0 Å². The summed E-state index contributed by atoms with van der Waals surface area (Å²) in [6, 6.07) is 7.86. The smallest absolute Gasteiger partial charge is 0.181 e. The zero-order valence-corrected chi connectivity index (χ0v) is 10.5. The van der Waals surface area contributed by atoms with E-state index >= 15 is 0 Å². The van der Waals surface area contributed by atoms with Crippen LogP contribution in [0.25, 0.3) is 10.9 Å². The van der Waals surface area contributed by atoms with Gasteiger partial charge in [0.15, 0.2) is 5.78 Å². The van der Waals surface area contributed by atoms with Crippen molar-refractivity contribution in [2.45, 2.75) is 19.9 Å². The van der Waals surface area contributed by atoms with Gasteiger partial charge in [0.25, 0.3) is 0 Å². The average Bonchev–Trinajstić information content (AvgIpc) is 2.67. The highest BCUT2D eigenvalue weighted by Gasteiger charge is 2.18. The minimum Gasteiger partial charge on any atom is -0.350 e. The number of carbonyl (C=O) groups excluding carboxylic acids is 1. The number of ketones is 1. The predicted molar refractivity (Wildman–Crippen MR) is 70.4 cm³/mol. The van der Waals surface area contributed by atoms with Gasteiger partial charge in [-0.05, 0) is 19.5 Å². The highest BCUT2D eigenvalue weighted by Crippen LogP contribution is 2.21. The molecule has 1 heterocycles. The van der Waals surface area contributed by atoms with Crippen LogP contribution >= 0.6 is 0 Å². The molecule has 2 aromatic rings. The third-order valence-corrected chi connectivity index (χ3v) is 3.07. The molecule has 1 aromatic heterocycles. The zero-order chi connectivity index (χ0) is 12.4. The maximum Gasteiger partial charge on any atom is 0.181 e. The summed E-state index contributed by atoms with van der Waals surface area (Å²) in [6.07, 6.45) is 1.92. The number of rotatable bonds is 4. The quantitative estimate of drug-likeness (QED) is 0.818. The van der Waals surface area contributed by atoms with Gasteiger partial charge in [-0.2, -0.15) is 0 Å². The van der Waals surface area contributed by atoms with Crippen LogP contribution in [0.2, 0.25) is 0 Å². The number of aromatic nitrogens is 1. The fourth-order valence-electron chi connectivity index (χ4n) is 2.17. The fourth-order valence-corrected chi connectivity index (χ4v) is 2.17. The van der Waals surface area contributed by atoms with Crippen LogP contribution in [0.5, 0.6) is 0 Å². The monoisotopic (exact) mass is 230 g/mol. The van der Waals surface area contributed by atoms with Gasteiger partial charge < -0.3 is 9.88 Å². The zero-order valence-electron chi connectivity index (χ0n) is 10.5. The summed E-state index contributed by atoms with van der Waals surface area (Å²) < 4.78 is 2.00. The predicted octanol–water partition coefficient (Wildman–Crippen LogP) is 2.36. The van der Waals surface area contributed by atoms with Crippen molar-refractivity contribution in [3.63, 3.8) is 0 Å². The number of nitrogens with one attached hydrogen (secondary N) is 1. The van der Waals surface area contributed by atoms with Crippen LogP contribution in [0.1, 0.15) is 24.2 Å². The lowest BCUT2D eigenvalue weighted by atomic mass is 10.0. The molecule has 0 spiro atoms. The van der Waals surface area contributed by atoms with Crippen LogP contribution in [-0.4, -0.2) is 22.9 Å². The first kappa shape index (κ1) is 11.9. The molecule has 0 aliphatic carbocycles. The molecule has 0 amide bonds. The number of Topliss-reactive ketones (excluding diaryl/α,β-unsaturated/α-hetero) is 1. The van der Waals surface area contributed by atoms with E-state index in [9.17, 15) is 4.79 Å². The third kappa shape index (κ3) is 2.11. The van der Waals surface area contributed by atoms with Gasteiger partial charge in [-0.25, -0.2) is 0 Å². The Morgan fingerprint density at radius 2 is 2.12 bits per heavy atom. The van der Waals surface area contributed by atoms with Crippen molar-refractivity contribution in [3.05, 3.63) is 36.0 Å². The normalized spacial score (nSPS) is 12.9. The van der Waals surface area contributed by atoms with Crippen LogP contribution in [0, 0.1) is 0 Å². The molecule has 2 rings (SSSR count). The van der Waals surface area contributed by atoms with E-state index in [2.05, 4.69) is 5.32 Å². The van der Waals surface area contributed by atoms with Crippen molar-refractivity contribution >= 4 is 16.7 Å². The molecule has 0 radical (unpaired) electrons. The standard InChI is InChI=1S/C14H18N2O/c1-4-15-10(2)14(17)12-9-16(3)13-8-6-5-7-11(12)13/h5-10,15H,4H2,1-3H3. The van der Waals surface area contributed by atoms with Crippen LogP contribution in [0.15, 0.2) is 30.5 Å². The van der Waals surface area contributed by atoms with Crippen LogP contribution in [0.4, 0.5) is 0 Å². The lowest BCUT2D eigenvalue weighted by molar-refractivity contribution is 0.0953. The number of carbonyl (C=O) groups is 1. The summed E-state index contributed by atoms with van der Waals surface area (Å²) in [6.45, 7) is 4.72. The molecule has 1 N–H and O–H groups in total. The molecule has 90 valence electrons. The lowest BCUT2D eigenvalue weighted by Gasteiger charge is -2.09. The van der Waals surface area contributed by atoms with E-state index in [-0.39, 0.29) is 11.8 Å². The van der Waals surface area contributed by atoms with E-state index in [1.807, 2.05) is 55.9 Å². The van der Waals surface area contributed by atoms with Crippen molar-refractivity contribution in [2.75, 3.05) is 6.54 Å². The van der Waals surface area contributed by atoms with Crippen LogP contribution in [-0.2, 0) is 7.05 Å². The number of hydrogen-bond donors (Lipinski definition) is 1. The second-order valence-corrected chi connectivity index (χ2v) is 4.31. The van der Waals surface area contributed by atoms with Gasteiger partial charge in [-0.15, -0.1) is 0 Å². The van der Waals surface area contributed by atoms with Gasteiger partial charge in [-0.1, -0.05) is 25.1 Å². The van der Waals surface area contributed by atoms with Crippen molar-refractivity contribution in [1.29, 1.82) is 0 Å². The number of hydrogen-bond acceptors (Lipinski definition) is 2. The summed E-state index contributed by atoms with van der Waals surface area (Å²) in [4.78, 5) is 12.3. The summed E-state index contributed by atoms with van der Waals surface area (Å²) in [7, 11) is 1.97. The number of benzene rings is 1. The highest BCUT2D eigenvalue weighted by atomic mass is 16.1. The molecule has 0 aliphatic heterocycles. The Balaban J connectivity index is 2.45. The highest BCUT2D eigenvalue weighted by molar-refractivity contribution is 6.10. The minimum atomic E-state index is -0.134. The van der Waals surface area contributed by atoms with E-state index < -0.39 is 0 Å². The largest absolute Gasteiger partial charge is 0.350 e. The number of para-hydroxylation sites is 1. The maximum atomic E-state index is 12.3. The first-order chi connectivity index (χ1) is 8.15. The van der Waals surface area contributed by atoms with Gasteiger partial charge in [0.05, 0.1) is 6.04 Å². The van der Waals surface area contributed by atoms with Gasteiger partial charge in [-0.3, -0.25) is 4.79 Å². The van der Waals surface area contributed by atoms with E-state index in [0.717, 1.165) is 23.0 Å². The first-order valence-corrected chi connectivity index (χ1v) is 5.96. The molecule has 1 aromatic carbocycles. The molecule has 3 nitrogen and oxygen atoms in total.